The molecule has 2 amide bonds. The van der Waals surface area contributed by atoms with E-state index in [1.807, 2.05) is 17.0 Å². The fraction of sp³-hybridized carbons (Fsp3) is 0.600. The Bertz CT molecular complexity index is 931. The van der Waals surface area contributed by atoms with Crippen LogP contribution in [0.1, 0.15) is 71.3 Å². The Morgan fingerprint density at radius 1 is 1.32 bits per heavy atom. The molecule has 0 saturated carbocycles. The summed E-state index contributed by atoms with van der Waals surface area (Å²) in [6, 6.07) is 4.72. The van der Waals surface area contributed by atoms with Gasteiger partial charge in [-0.1, -0.05) is 25.8 Å². The zero-order valence-electron chi connectivity index (χ0n) is 19.3. The van der Waals surface area contributed by atoms with Gasteiger partial charge >= 0.3 is 6.03 Å². The maximum atomic E-state index is 12.9. The highest BCUT2D eigenvalue weighted by atomic mass is 16.2. The van der Waals surface area contributed by atoms with Gasteiger partial charge in [0.25, 0.3) is 0 Å². The molecule has 1 fully saturated rings. The third kappa shape index (κ3) is 4.95. The topological polar surface area (TPSA) is 64.3 Å². The molecular formula is C25H37N5O. The van der Waals surface area contributed by atoms with Crippen LogP contribution in [0.25, 0.3) is 16.6 Å². The second kappa shape index (κ2) is 9.86. The number of nitrogens with zero attached hydrogens (tertiary/aromatic N) is 3. The Morgan fingerprint density at radius 3 is 3.00 bits per heavy atom. The van der Waals surface area contributed by atoms with Crippen molar-refractivity contribution in [3.63, 3.8) is 0 Å². The molecule has 0 aromatic carbocycles. The number of pyridine rings is 1. The first-order chi connectivity index (χ1) is 15.1. The Labute approximate surface area is 186 Å². The van der Waals surface area contributed by atoms with Crippen LogP contribution in [0.3, 0.4) is 0 Å². The first-order valence-corrected chi connectivity index (χ1v) is 12.1. The summed E-state index contributed by atoms with van der Waals surface area (Å²) in [5, 5.41) is 3.03. The van der Waals surface area contributed by atoms with Crippen molar-refractivity contribution in [2.45, 2.75) is 77.8 Å². The third-order valence-corrected chi connectivity index (χ3v) is 6.81. The quantitative estimate of drug-likeness (QED) is 0.632. The molecule has 2 aromatic heterocycles. The van der Waals surface area contributed by atoms with E-state index in [0.717, 1.165) is 49.4 Å². The first kappa shape index (κ1) is 21.9. The molecule has 6 heteroatoms. The normalized spacial score (nSPS) is 19.7. The van der Waals surface area contributed by atoms with E-state index >= 15 is 0 Å². The largest absolute Gasteiger partial charge is 0.359 e. The van der Waals surface area contributed by atoms with Crippen molar-refractivity contribution in [2.24, 2.45) is 0 Å². The molecule has 2 aromatic rings. The van der Waals surface area contributed by atoms with Crippen LogP contribution in [0.5, 0.6) is 0 Å². The summed E-state index contributed by atoms with van der Waals surface area (Å²) >= 11 is 0. The van der Waals surface area contributed by atoms with E-state index in [-0.39, 0.29) is 12.1 Å². The second-order valence-electron chi connectivity index (χ2n) is 9.28. The van der Waals surface area contributed by atoms with E-state index in [1.54, 1.807) is 0 Å². The average Bonchev–Trinajstić information content (AvgIpc) is 3.05. The molecule has 1 unspecified atom stereocenters. The minimum absolute atomic E-state index is 0.0713. The summed E-state index contributed by atoms with van der Waals surface area (Å²) in [7, 11) is 0. The lowest BCUT2D eigenvalue weighted by atomic mass is 9.96. The molecule has 1 saturated heterocycles. The van der Waals surface area contributed by atoms with Crippen molar-refractivity contribution >= 4 is 28.5 Å². The van der Waals surface area contributed by atoms with Crippen LogP contribution in [0, 0.1) is 0 Å². The van der Waals surface area contributed by atoms with Gasteiger partial charge in [-0.05, 0) is 70.2 Å². The fourth-order valence-corrected chi connectivity index (χ4v) is 4.94. The molecule has 168 valence electrons. The van der Waals surface area contributed by atoms with Crippen LogP contribution < -0.4 is 5.32 Å². The van der Waals surface area contributed by atoms with E-state index in [1.165, 1.54) is 43.4 Å². The molecule has 0 radical (unpaired) electrons. The summed E-state index contributed by atoms with van der Waals surface area (Å²) in [4.78, 5) is 25.6. The maximum absolute atomic E-state index is 12.9. The van der Waals surface area contributed by atoms with E-state index in [0.29, 0.717) is 5.82 Å². The number of amides is 2. The predicted octanol–water partition coefficient (Wildman–Crippen LogP) is 5.64. The lowest BCUT2D eigenvalue weighted by Gasteiger charge is -2.33. The summed E-state index contributed by atoms with van der Waals surface area (Å²) in [5.41, 5.74) is 4.53. The summed E-state index contributed by atoms with van der Waals surface area (Å²) in [6.45, 7) is 9.28. The molecule has 0 bridgehead atoms. The third-order valence-electron chi connectivity index (χ3n) is 6.81. The lowest BCUT2D eigenvalue weighted by molar-refractivity contribution is 0.161. The van der Waals surface area contributed by atoms with Gasteiger partial charge in [-0.25, -0.2) is 9.78 Å². The number of allylic oxidation sites excluding steroid dienone is 1. The van der Waals surface area contributed by atoms with Gasteiger partial charge in [0.05, 0.1) is 11.0 Å². The second-order valence-corrected chi connectivity index (χ2v) is 9.28. The van der Waals surface area contributed by atoms with Crippen LogP contribution in [0.4, 0.5) is 10.6 Å². The Balaban J connectivity index is 1.53. The van der Waals surface area contributed by atoms with Crippen LogP contribution in [-0.4, -0.2) is 57.5 Å². The number of urea groups is 1. The number of hydrogen-bond acceptors (Lipinski definition) is 3. The molecule has 1 atom stereocenters. The molecule has 2 aliphatic heterocycles. The standard InChI is InChI=1S/C25H37N5O/c1-4-5-15-30(18(2)3)25(31)28-23-12-11-22-24(27-23)21(17-26-22)19-9-10-20-8-6-7-14-29(20)16-13-19/h11-13,17-18,20,26H,4-10,14-16H2,1-3H3,(H,27,28,31). The molecule has 4 heterocycles. The van der Waals surface area contributed by atoms with Crippen LogP contribution in [0.2, 0.25) is 0 Å². The van der Waals surface area contributed by atoms with Gasteiger partial charge in [0.15, 0.2) is 0 Å². The Morgan fingerprint density at radius 2 is 2.19 bits per heavy atom. The van der Waals surface area contributed by atoms with Gasteiger partial charge in [0, 0.05) is 36.9 Å². The van der Waals surface area contributed by atoms with Gasteiger partial charge < -0.3 is 9.88 Å². The number of hydrogen-bond donors (Lipinski definition) is 2. The van der Waals surface area contributed by atoms with Gasteiger partial charge in [0.1, 0.15) is 5.82 Å². The van der Waals surface area contributed by atoms with Crippen molar-refractivity contribution < 1.29 is 4.79 Å². The van der Waals surface area contributed by atoms with Gasteiger partial charge in [-0.3, -0.25) is 10.2 Å². The minimum Gasteiger partial charge on any atom is -0.359 e. The minimum atomic E-state index is -0.0713. The number of aromatic nitrogens is 2. The average molecular weight is 424 g/mol. The first-order valence-electron chi connectivity index (χ1n) is 12.1. The number of rotatable bonds is 6. The van der Waals surface area contributed by atoms with Crippen molar-refractivity contribution in [2.75, 3.05) is 25.0 Å². The van der Waals surface area contributed by atoms with Gasteiger partial charge in [-0.15, -0.1) is 0 Å². The zero-order valence-corrected chi connectivity index (χ0v) is 19.3. The number of carbonyl (C=O) groups excluding carboxylic acids is 1. The van der Waals surface area contributed by atoms with E-state index in [9.17, 15) is 4.79 Å². The fourth-order valence-electron chi connectivity index (χ4n) is 4.94. The highest BCUT2D eigenvalue weighted by molar-refractivity contribution is 5.93. The molecule has 4 rings (SSSR count). The van der Waals surface area contributed by atoms with Crippen molar-refractivity contribution in [1.29, 1.82) is 0 Å². The number of aromatic amines is 1. The summed E-state index contributed by atoms with van der Waals surface area (Å²) in [6.07, 6.45) is 12.9. The van der Waals surface area contributed by atoms with Gasteiger partial charge in [0.2, 0.25) is 0 Å². The summed E-state index contributed by atoms with van der Waals surface area (Å²) in [5.74, 6) is 0.618. The molecule has 2 aliphatic rings. The zero-order chi connectivity index (χ0) is 21.8. The summed E-state index contributed by atoms with van der Waals surface area (Å²) < 4.78 is 0. The van der Waals surface area contributed by atoms with Crippen LogP contribution in [-0.2, 0) is 0 Å². The van der Waals surface area contributed by atoms with Crippen molar-refractivity contribution in [1.82, 2.24) is 19.8 Å². The Kier molecular flexibility index (Phi) is 6.96. The molecular weight excluding hydrogens is 386 g/mol. The van der Waals surface area contributed by atoms with E-state index in [4.69, 9.17) is 4.98 Å². The van der Waals surface area contributed by atoms with Gasteiger partial charge in [-0.2, -0.15) is 0 Å². The number of unbranched alkanes of at least 4 members (excludes halogenated alkanes) is 1. The number of carbonyl (C=O) groups is 1. The highest BCUT2D eigenvalue weighted by Gasteiger charge is 2.25. The highest BCUT2D eigenvalue weighted by Crippen LogP contribution is 2.33. The molecule has 0 aliphatic carbocycles. The molecule has 31 heavy (non-hydrogen) atoms. The number of piperidine rings is 1. The Hall–Kier alpha value is -2.34. The van der Waals surface area contributed by atoms with Crippen molar-refractivity contribution in [3.8, 4) is 0 Å². The number of nitrogens with one attached hydrogen (secondary N) is 2. The van der Waals surface area contributed by atoms with E-state index < -0.39 is 0 Å². The number of H-pyrrole nitrogens is 1. The lowest BCUT2D eigenvalue weighted by Crippen LogP contribution is -2.40. The molecule has 2 N–H and O–H groups in total. The van der Waals surface area contributed by atoms with Crippen LogP contribution in [0.15, 0.2) is 24.4 Å². The van der Waals surface area contributed by atoms with E-state index in [2.05, 4.69) is 48.2 Å². The SMILES string of the molecule is CCCCN(C(=O)Nc1ccc2[nH]cc(C3=CCN4CCCCC4CC3)c2n1)C(C)C. The smallest absolute Gasteiger partial charge is 0.323 e. The predicted molar refractivity (Wildman–Crippen MR) is 128 cm³/mol. The van der Waals surface area contributed by atoms with Crippen LogP contribution >= 0.6 is 0 Å². The molecule has 6 nitrogen and oxygen atoms in total. The van der Waals surface area contributed by atoms with Crippen molar-refractivity contribution in [3.05, 3.63) is 30.0 Å². The molecule has 0 spiro atoms. The monoisotopic (exact) mass is 423 g/mol. The maximum Gasteiger partial charge on any atom is 0.323 e. The number of fused-ring (bicyclic) bond motifs is 2. The number of anilines is 1.